The van der Waals surface area contributed by atoms with Gasteiger partial charge in [0, 0.05) is 17.6 Å². The Kier molecular flexibility index (Phi) is 3.71. The Labute approximate surface area is 114 Å². The van der Waals surface area contributed by atoms with E-state index >= 15 is 0 Å². The molecule has 2 aromatic rings. The Morgan fingerprint density at radius 1 is 1.21 bits per heavy atom. The summed E-state index contributed by atoms with van der Waals surface area (Å²) in [6.45, 7) is 0. The van der Waals surface area contributed by atoms with Gasteiger partial charge in [-0.25, -0.2) is 0 Å². The fraction of sp³-hybridized carbons (Fsp3) is 0.143. The second kappa shape index (κ2) is 5.28. The van der Waals surface area contributed by atoms with Crippen LogP contribution in [0.25, 0.3) is 11.3 Å². The second-order valence-corrected chi connectivity index (χ2v) is 4.62. The predicted octanol–water partition coefficient (Wildman–Crippen LogP) is 2.33. The Hall–Kier alpha value is -2.07. The highest BCUT2D eigenvalue weighted by atomic mass is 35.5. The number of benzene rings is 1. The third-order valence-corrected chi connectivity index (χ3v) is 3.12. The standard InChI is InChI=1S/C14H12ClNO3/c1-16-12(9-2-5-11(15)6-3-9)7-4-10(14(16)19)8-13(17)18/h2-7H,8H2,1H3,(H,17,18). The van der Waals surface area contributed by atoms with Crippen molar-refractivity contribution in [1.82, 2.24) is 4.57 Å². The minimum absolute atomic E-state index is 0.270. The SMILES string of the molecule is Cn1c(-c2ccc(Cl)cc2)ccc(CC(=O)O)c1=O. The quantitative estimate of drug-likeness (QED) is 0.937. The highest BCUT2D eigenvalue weighted by Crippen LogP contribution is 2.20. The van der Waals surface area contributed by atoms with Gasteiger partial charge in [-0.05, 0) is 23.8 Å². The topological polar surface area (TPSA) is 59.3 Å². The molecule has 0 spiro atoms. The molecule has 0 amide bonds. The van der Waals surface area contributed by atoms with Crippen molar-refractivity contribution in [2.24, 2.45) is 7.05 Å². The largest absolute Gasteiger partial charge is 0.481 e. The molecule has 0 bridgehead atoms. The van der Waals surface area contributed by atoms with E-state index in [0.717, 1.165) is 11.3 Å². The first-order chi connectivity index (χ1) is 8.99. The number of pyridine rings is 1. The number of rotatable bonds is 3. The number of halogens is 1. The lowest BCUT2D eigenvalue weighted by atomic mass is 10.1. The van der Waals surface area contributed by atoms with Crippen molar-refractivity contribution in [2.45, 2.75) is 6.42 Å². The third kappa shape index (κ3) is 2.85. The normalized spacial score (nSPS) is 10.4. The van der Waals surface area contributed by atoms with Crippen LogP contribution in [0.3, 0.4) is 0 Å². The van der Waals surface area contributed by atoms with Gasteiger partial charge in [0.15, 0.2) is 0 Å². The Morgan fingerprint density at radius 2 is 1.84 bits per heavy atom. The lowest BCUT2D eigenvalue weighted by Crippen LogP contribution is -2.23. The van der Waals surface area contributed by atoms with Gasteiger partial charge in [0.05, 0.1) is 12.1 Å². The molecule has 0 saturated carbocycles. The zero-order valence-corrected chi connectivity index (χ0v) is 11.0. The third-order valence-electron chi connectivity index (χ3n) is 2.86. The number of nitrogens with zero attached hydrogens (tertiary/aromatic N) is 1. The number of aromatic nitrogens is 1. The summed E-state index contributed by atoms with van der Waals surface area (Å²) >= 11 is 5.82. The molecule has 4 nitrogen and oxygen atoms in total. The predicted molar refractivity (Wildman–Crippen MR) is 73.5 cm³/mol. The highest BCUT2D eigenvalue weighted by Gasteiger charge is 2.10. The monoisotopic (exact) mass is 277 g/mol. The van der Waals surface area contributed by atoms with E-state index in [9.17, 15) is 9.59 Å². The van der Waals surface area contributed by atoms with Crippen LogP contribution < -0.4 is 5.56 Å². The van der Waals surface area contributed by atoms with E-state index in [1.54, 1.807) is 31.3 Å². The minimum atomic E-state index is -1.02. The zero-order valence-electron chi connectivity index (χ0n) is 10.3. The average Bonchev–Trinajstić information content (AvgIpc) is 2.36. The van der Waals surface area contributed by atoms with Crippen molar-refractivity contribution in [3.63, 3.8) is 0 Å². The molecule has 0 unspecified atom stereocenters. The first-order valence-corrected chi connectivity index (χ1v) is 6.03. The van der Waals surface area contributed by atoms with Gasteiger partial charge < -0.3 is 9.67 Å². The van der Waals surface area contributed by atoms with E-state index in [2.05, 4.69) is 0 Å². The molecule has 98 valence electrons. The maximum absolute atomic E-state index is 12.0. The molecule has 0 radical (unpaired) electrons. The molecule has 2 rings (SSSR count). The molecule has 0 aliphatic heterocycles. The van der Waals surface area contributed by atoms with Crippen LogP contribution >= 0.6 is 11.6 Å². The lowest BCUT2D eigenvalue weighted by Gasteiger charge is -2.10. The molecule has 0 atom stereocenters. The van der Waals surface area contributed by atoms with Gasteiger partial charge in [0.1, 0.15) is 0 Å². The average molecular weight is 278 g/mol. The van der Waals surface area contributed by atoms with Gasteiger partial charge in [0.25, 0.3) is 5.56 Å². The summed E-state index contributed by atoms with van der Waals surface area (Å²) in [6.07, 6.45) is -0.270. The molecule has 1 heterocycles. The van der Waals surface area contributed by atoms with E-state index in [0.29, 0.717) is 5.02 Å². The van der Waals surface area contributed by atoms with E-state index in [1.807, 2.05) is 12.1 Å². The van der Waals surface area contributed by atoms with Crippen molar-refractivity contribution in [3.8, 4) is 11.3 Å². The van der Waals surface area contributed by atoms with Gasteiger partial charge in [-0.15, -0.1) is 0 Å². The molecule has 0 aliphatic rings. The smallest absolute Gasteiger partial charge is 0.308 e. The minimum Gasteiger partial charge on any atom is -0.481 e. The van der Waals surface area contributed by atoms with Crippen LogP contribution in [0.4, 0.5) is 0 Å². The van der Waals surface area contributed by atoms with Crippen LogP contribution in [0.1, 0.15) is 5.56 Å². The zero-order chi connectivity index (χ0) is 14.0. The molecule has 0 saturated heterocycles. The summed E-state index contributed by atoms with van der Waals surface area (Å²) in [5.41, 5.74) is 1.55. The van der Waals surface area contributed by atoms with Crippen molar-refractivity contribution in [1.29, 1.82) is 0 Å². The van der Waals surface area contributed by atoms with Gasteiger partial charge in [0.2, 0.25) is 0 Å². The van der Waals surface area contributed by atoms with E-state index in [4.69, 9.17) is 16.7 Å². The highest BCUT2D eigenvalue weighted by molar-refractivity contribution is 6.30. The molecule has 5 heteroatoms. The number of carboxylic acids is 1. The number of hydrogen-bond donors (Lipinski definition) is 1. The van der Waals surface area contributed by atoms with Crippen molar-refractivity contribution < 1.29 is 9.90 Å². The number of aliphatic carboxylic acids is 1. The van der Waals surface area contributed by atoms with E-state index in [-0.39, 0.29) is 17.5 Å². The number of hydrogen-bond acceptors (Lipinski definition) is 2. The first kappa shape index (κ1) is 13.4. The molecule has 1 aromatic carbocycles. The lowest BCUT2D eigenvalue weighted by molar-refractivity contribution is -0.136. The Morgan fingerprint density at radius 3 is 2.42 bits per heavy atom. The molecular weight excluding hydrogens is 266 g/mol. The number of carboxylic acid groups (broad SMARTS) is 1. The molecule has 19 heavy (non-hydrogen) atoms. The fourth-order valence-corrected chi connectivity index (χ4v) is 2.02. The summed E-state index contributed by atoms with van der Waals surface area (Å²) in [5.74, 6) is -1.02. The van der Waals surface area contributed by atoms with Crippen LogP contribution in [0.2, 0.25) is 5.02 Å². The van der Waals surface area contributed by atoms with Gasteiger partial charge in [-0.3, -0.25) is 9.59 Å². The van der Waals surface area contributed by atoms with Crippen molar-refractivity contribution >= 4 is 17.6 Å². The Bertz CT molecular complexity index is 674. The van der Waals surface area contributed by atoms with Gasteiger partial charge in [-0.2, -0.15) is 0 Å². The van der Waals surface area contributed by atoms with Crippen LogP contribution in [0, 0.1) is 0 Å². The van der Waals surface area contributed by atoms with Crippen LogP contribution in [0.5, 0.6) is 0 Å². The van der Waals surface area contributed by atoms with Crippen molar-refractivity contribution in [2.75, 3.05) is 0 Å². The summed E-state index contributed by atoms with van der Waals surface area (Å²) in [4.78, 5) is 22.7. The molecule has 1 N–H and O–H groups in total. The summed E-state index contributed by atoms with van der Waals surface area (Å²) in [5, 5.41) is 9.36. The van der Waals surface area contributed by atoms with Crippen LogP contribution in [-0.2, 0) is 18.3 Å². The first-order valence-electron chi connectivity index (χ1n) is 5.65. The summed E-state index contributed by atoms with van der Waals surface area (Å²) in [7, 11) is 1.62. The second-order valence-electron chi connectivity index (χ2n) is 4.19. The summed E-state index contributed by atoms with van der Waals surface area (Å²) in [6, 6.07) is 10.4. The summed E-state index contributed by atoms with van der Waals surface area (Å²) < 4.78 is 1.45. The van der Waals surface area contributed by atoms with Crippen LogP contribution in [0.15, 0.2) is 41.2 Å². The molecule has 0 fully saturated rings. The number of carbonyl (C=O) groups is 1. The molecular formula is C14H12ClNO3. The van der Waals surface area contributed by atoms with Crippen LogP contribution in [-0.4, -0.2) is 15.6 Å². The molecule has 0 aliphatic carbocycles. The Balaban J connectivity index is 2.49. The van der Waals surface area contributed by atoms with Gasteiger partial charge >= 0.3 is 5.97 Å². The maximum Gasteiger partial charge on any atom is 0.308 e. The van der Waals surface area contributed by atoms with Gasteiger partial charge in [-0.1, -0.05) is 29.8 Å². The fourth-order valence-electron chi connectivity index (χ4n) is 1.90. The molecule has 1 aromatic heterocycles. The van der Waals surface area contributed by atoms with Crippen molar-refractivity contribution in [3.05, 3.63) is 57.3 Å². The van der Waals surface area contributed by atoms with E-state index in [1.165, 1.54) is 4.57 Å². The maximum atomic E-state index is 12.0. The van der Waals surface area contributed by atoms with E-state index < -0.39 is 5.97 Å².